The molecule has 0 saturated carbocycles. The van der Waals surface area contributed by atoms with Crippen molar-refractivity contribution >= 4 is 31.4 Å². The molecule has 0 aromatic heterocycles. The lowest BCUT2D eigenvalue weighted by molar-refractivity contribution is 0.417. The number of ether oxygens (including phenoxy) is 1. The smallest absolute Gasteiger partial charge is 0.262 e. The maximum atomic E-state index is 12.8. The van der Waals surface area contributed by atoms with Gasteiger partial charge in [0.05, 0.1) is 23.4 Å². The highest BCUT2D eigenvalue weighted by Gasteiger charge is 2.21. The maximum absolute atomic E-state index is 12.8. The van der Waals surface area contributed by atoms with E-state index in [-0.39, 0.29) is 22.3 Å². The van der Waals surface area contributed by atoms with E-state index in [1.54, 1.807) is 51.1 Å². The van der Waals surface area contributed by atoms with Gasteiger partial charge in [-0.1, -0.05) is 32.0 Å². The van der Waals surface area contributed by atoms with E-state index in [0.717, 1.165) is 0 Å². The molecule has 0 amide bonds. The molecule has 2 aromatic carbocycles. The first-order chi connectivity index (χ1) is 12.5. The van der Waals surface area contributed by atoms with Crippen molar-refractivity contribution in [3.05, 3.63) is 48.0 Å². The van der Waals surface area contributed by atoms with Gasteiger partial charge >= 0.3 is 0 Å². The molecular formula is C18H24N2O5S2. The Balaban J connectivity index is 2.37. The van der Waals surface area contributed by atoms with Crippen LogP contribution in [0.25, 0.3) is 0 Å². The fraction of sp³-hybridized carbons (Fsp3) is 0.333. The van der Waals surface area contributed by atoms with Crippen LogP contribution in [-0.2, 0) is 20.0 Å². The number of para-hydroxylation sites is 2. The lowest BCUT2D eigenvalue weighted by Crippen LogP contribution is -2.21. The van der Waals surface area contributed by atoms with Crippen LogP contribution in [0.15, 0.2) is 47.4 Å². The van der Waals surface area contributed by atoms with Gasteiger partial charge in [-0.15, -0.1) is 0 Å². The van der Waals surface area contributed by atoms with Crippen LogP contribution >= 0.6 is 0 Å². The highest BCUT2D eigenvalue weighted by molar-refractivity contribution is 7.93. The van der Waals surface area contributed by atoms with Crippen LogP contribution in [0.4, 0.5) is 11.4 Å². The summed E-state index contributed by atoms with van der Waals surface area (Å²) in [5.41, 5.74) is 0.982. The molecule has 148 valence electrons. The first kappa shape index (κ1) is 21.0. The fourth-order valence-corrected chi connectivity index (χ4v) is 5.33. The molecule has 0 aliphatic heterocycles. The molecule has 27 heavy (non-hydrogen) atoms. The van der Waals surface area contributed by atoms with Gasteiger partial charge in [0.25, 0.3) is 10.0 Å². The molecule has 9 heteroatoms. The summed E-state index contributed by atoms with van der Waals surface area (Å²) in [4.78, 5) is -0.0156. The minimum atomic E-state index is -3.94. The van der Waals surface area contributed by atoms with Crippen LogP contribution in [0.5, 0.6) is 5.75 Å². The SMILES string of the molecule is COc1ccccc1NS(=O)(=O)c1cc(NS(=O)(=O)CC(C)C)ccc1C. The number of rotatable bonds is 8. The molecule has 0 heterocycles. The summed E-state index contributed by atoms with van der Waals surface area (Å²) in [6.45, 7) is 5.23. The molecule has 0 spiro atoms. The van der Waals surface area contributed by atoms with E-state index >= 15 is 0 Å². The van der Waals surface area contributed by atoms with Crippen LogP contribution in [0.3, 0.4) is 0 Å². The first-order valence-electron chi connectivity index (χ1n) is 8.31. The third kappa shape index (κ3) is 5.61. The molecule has 7 nitrogen and oxygen atoms in total. The molecular weight excluding hydrogens is 388 g/mol. The molecule has 2 aromatic rings. The normalized spacial score (nSPS) is 12.0. The second-order valence-corrected chi connectivity index (χ2v) is 9.98. The van der Waals surface area contributed by atoms with E-state index < -0.39 is 20.0 Å². The largest absolute Gasteiger partial charge is 0.495 e. The van der Waals surface area contributed by atoms with Gasteiger partial charge in [-0.25, -0.2) is 16.8 Å². The number of sulfonamides is 2. The summed E-state index contributed by atoms with van der Waals surface area (Å²) in [5.74, 6) is 0.276. The molecule has 2 rings (SSSR count). The Labute approximate surface area is 160 Å². The lowest BCUT2D eigenvalue weighted by atomic mass is 10.2. The van der Waals surface area contributed by atoms with Gasteiger partial charge in [-0.3, -0.25) is 9.44 Å². The Kier molecular flexibility index (Phi) is 6.38. The molecule has 0 atom stereocenters. The Morgan fingerprint density at radius 3 is 2.30 bits per heavy atom. The average molecular weight is 413 g/mol. The summed E-state index contributed by atoms with van der Waals surface area (Å²) < 4.78 is 60.0. The summed E-state index contributed by atoms with van der Waals surface area (Å²) in [7, 11) is -6.06. The van der Waals surface area contributed by atoms with Crippen LogP contribution in [0, 0.1) is 12.8 Å². The van der Waals surface area contributed by atoms with Crippen molar-refractivity contribution < 1.29 is 21.6 Å². The summed E-state index contributed by atoms with van der Waals surface area (Å²) in [6.07, 6.45) is 0. The van der Waals surface area contributed by atoms with Gasteiger partial charge < -0.3 is 4.74 Å². The molecule has 0 aliphatic rings. The summed E-state index contributed by atoms with van der Waals surface area (Å²) in [6, 6.07) is 11.0. The fourth-order valence-electron chi connectivity index (χ4n) is 2.54. The van der Waals surface area contributed by atoms with E-state index in [4.69, 9.17) is 4.74 Å². The minimum absolute atomic E-state index is 0.0156. The Morgan fingerprint density at radius 2 is 1.67 bits per heavy atom. The summed E-state index contributed by atoms with van der Waals surface area (Å²) >= 11 is 0. The third-order valence-corrected chi connectivity index (χ3v) is 6.81. The van der Waals surface area contributed by atoms with E-state index in [1.807, 2.05) is 0 Å². The topological polar surface area (TPSA) is 102 Å². The number of nitrogens with one attached hydrogen (secondary N) is 2. The van der Waals surface area contributed by atoms with Crippen LogP contribution in [0.2, 0.25) is 0 Å². The van der Waals surface area contributed by atoms with Crippen molar-refractivity contribution in [2.75, 3.05) is 22.3 Å². The number of anilines is 2. The zero-order valence-electron chi connectivity index (χ0n) is 15.7. The van der Waals surface area contributed by atoms with E-state index in [0.29, 0.717) is 17.0 Å². The molecule has 0 aliphatic carbocycles. The zero-order chi connectivity index (χ0) is 20.2. The van der Waals surface area contributed by atoms with Crippen molar-refractivity contribution in [3.8, 4) is 5.75 Å². The van der Waals surface area contributed by atoms with Crippen LogP contribution < -0.4 is 14.2 Å². The van der Waals surface area contributed by atoms with Crippen LogP contribution in [-0.4, -0.2) is 29.7 Å². The van der Waals surface area contributed by atoms with Crippen LogP contribution in [0.1, 0.15) is 19.4 Å². The highest BCUT2D eigenvalue weighted by Crippen LogP contribution is 2.28. The molecule has 0 bridgehead atoms. The monoisotopic (exact) mass is 412 g/mol. The Hall–Kier alpha value is -2.26. The number of benzene rings is 2. The average Bonchev–Trinajstić information content (AvgIpc) is 2.55. The summed E-state index contributed by atoms with van der Waals surface area (Å²) in [5, 5.41) is 0. The van der Waals surface area contributed by atoms with Crippen molar-refractivity contribution in [2.24, 2.45) is 5.92 Å². The molecule has 0 fully saturated rings. The predicted molar refractivity (Wildman–Crippen MR) is 107 cm³/mol. The van der Waals surface area contributed by atoms with Gasteiger partial charge in [0.15, 0.2) is 0 Å². The lowest BCUT2D eigenvalue weighted by Gasteiger charge is -2.15. The van der Waals surface area contributed by atoms with Crippen molar-refractivity contribution in [2.45, 2.75) is 25.7 Å². The van der Waals surface area contributed by atoms with Crippen molar-refractivity contribution in [1.82, 2.24) is 0 Å². The van der Waals surface area contributed by atoms with E-state index in [1.165, 1.54) is 19.2 Å². The van der Waals surface area contributed by atoms with Crippen molar-refractivity contribution in [3.63, 3.8) is 0 Å². The van der Waals surface area contributed by atoms with Gasteiger partial charge in [-0.2, -0.15) is 0 Å². The van der Waals surface area contributed by atoms with Crippen molar-refractivity contribution in [1.29, 1.82) is 0 Å². The van der Waals surface area contributed by atoms with Gasteiger partial charge in [0.2, 0.25) is 10.0 Å². The molecule has 0 radical (unpaired) electrons. The third-order valence-electron chi connectivity index (χ3n) is 3.66. The standard InChI is InChI=1S/C18H24N2O5S2/c1-13(2)12-26(21,22)19-15-10-9-14(3)18(11-15)27(23,24)20-16-7-5-6-8-17(16)25-4/h5-11,13,19-20H,12H2,1-4H3. The predicted octanol–water partition coefficient (Wildman–Crippen LogP) is 3.20. The minimum Gasteiger partial charge on any atom is -0.495 e. The second-order valence-electron chi connectivity index (χ2n) is 6.56. The molecule has 0 unspecified atom stereocenters. The van der Waals surface area contributed by atoms with Gasteiger partial charge in [-0.05, 0) is 42.7 Å². The molecule has 2 N–H and O–H groups in total. The molecule has 0 saturated heterocycles. The number of hydrogen-bond donors (Lipinski definition) is 2. The zero-order valence-corrected chi connectivity index (χ0v) is 17.3. The Bertz CT molecular complexity index is 1020. The van der Waals surface area contributed by atoms with Gasteiger partial charge in [0.1, 0.15) is 5.75 Å². The quantitative estimate of drug-likeness (QED) is 0.693. The highest BCUT2D eigenvalue weighted by atomic mass is 32.2. The van der Waals surface area contributed by atoms with Gasteiger partial charge in [0, 0.05) is 5.69 Å². The maximum Gasteiger partial charge on any atom is 0.262 e. The number of methoxy groups -OCH3 is 1. The Morgan fingerprint density at radius 1 is 1.00 bits per heavy atom. The van der Waals surface area contributed by atoms with E-state index in [9.17, 15) is 16.8 Å². The number of hydrogen-bond acceptors (Lipinski definition) is 5. The van der Waals surface area contributed by atoms with E-state index in [2.05, 4.69) is 9.44 Å². The second kappa shape index (κ2) is 8.18. The first-order valence-corrected chi connectivity index (χ1v) is 11.4. The number of aryl methyl sites for hydroxylation is 1.